The second-order valence-electron chi connectivity index (χ2n) is 13.2. The first-order chi connectivity index (χ1) is 21.5. The normalized spacial score (nSPS) is 32.8. The quantitative estimate of drug-likeness (QED) is 0.0590. The Hall–Kier alpha value is -0.900. The molecule has 2 heterocycles. The van der Waals surface area contributed by atoms with E-state index >= 15 is 0 Å². The van der Waals surface area contributed by atoms with Crippen molar-refractivity contribution in [1.82, 2.24) is 4.90 Å². The maximum absolute atomic E-state index is 13.7. The van der Waals surface area contributed by atoms with Gasteiger partial charge in [-0.2, -0.15) is 0 Å². The lowest BCUT2D eigenvalue weighted by molar-refractivity contribution is -0.263. The molecule has 1 aliphatic carbocycles. The highest BCUT2D eigenvalue weighted by molar-refractivity contribution is 14.1. The van der Waals surface area contributed by atoms with Gasteiger partial charge in [0.05, 0.1) is 18.3 Å². The van der Waals surface area contributed by atoms with Crippen molar-refractivity contribution in [3.05, 3.63) is 0 Å². The van der Waals surface area contributed by atoms with E-state index in [9.17, 15) is 24.6 Å². The number of halogens is 1. The number of aliphatic hydroxyl groups excluding tert-OH is 1. The number of hydrogen-bond acceptors (Lipinski definition) is 10. The Balaban J connectivity index is 1.69. The van der Waals surface area contributed by atoms with Crippen molar-refractivity contribution in [2.24, 2.45) is 17.8 Å². The molecule has 260 valence electrons. The first-order valence-corrected chi connectivity index (χ1v) is 18.4. The minimum Gasteiger partial charge on any atom is -0.460 e. The molecule has 0 radical (unpaired) electrons. The maximum atomic E-state index is 13.7. The SMILES string of the molecule is CC[C@@H]1CC[C@@H](C)[C@](O)(C(=O)C(=O)N2CCCCC2C(=O)O[C@@H](CC(O)OC)[C@H](C)C[C@@H]2CC[C@@H](OCCCI)[C@H](OC)C2)O1. The van der Waals surface area contributed by atoms with E-state index in [1.54, 1.807) is 14.0 Å². The zero-order valence-corrected chi connectivity index (χ0v) is 29.9. The molecule has 0 aromatic carbocycles. The summed E-state index contributed by atoms with van der Waals surface area (Å²) >= 11 is 2.35. The summed E-state index contributed by atoms with van der Waals surface area (Å²) in [6, 6.07) is -0.970. The number of amides is 1. The second kappa shape index (κ2) is 18.6. The van der Waals surface area contributed by atoms with Crippen LogP contribution in [0.3, 0.4) is 0 Å². The van der Waals surface area contributed by atoms with Crippen molar-refractivity contribution in [1.29, 1.82) is 0 Å². The van der Waals surface area contributed by atoms with Crippen LogP contribution in [0.25, 0.3) is 0 Å². The van der Waals surface area contributed by atoms with E-state index in [0.29, 0.717) is 44.4 Å². The predicted molar refractivity (Wildman–Crippen MR) is 176 cm³/mol. The summed E-state index contributed by atoms with van der Waals surface area (Å²) < 4.78 is 29.9. The van der Waals surface area contributed by atoms with Crippen molar-refractivity contribution < 1.29 is 48.3 Å². The van der Waals surface area contributed by atoms with Crippen molar-refractivity contribution in [3.63, 3.8) is 0 Å². The molecule has 3 aliphatic rings. The van der Waals surface area contributed by atoms with E-state index in [4.69, 9.17) is 23.7 Å². The van der Waals surface area contributed by atoms with E-state index in [0.717, 1.165) is 43.1 Å². The zero-order chi connectivity index (χ0) is 33.1. The summed E-state index contributed by atoms with van der Waals surface area (Å²) in [6.07, 6.45) is 6.00. The van der Waals surface area contributed by atoms with Gasteiger partial charge >= 0.3 is 5.97 Å². The van der Waals surface area contributed by atoms with Crippen LogP contribution in [-0.4, -0.2) is 107 Å². The van der Waals surface area contributed by atoms with Gasteiger partial charge < -0.3 is 38.8 Å². The van der Waals surface area contributed by atoms with Gasteiger partial charge in [-0.15, -0.1) is 0 Å². The molecule has 10 atom stereocenters. The van der Waals surface area contributed by atoms with Gasteiger partial charge in [0.15, 0.2) is 6.29 Å². The van der Waals surface area contributed by atoms with Crippen molar-refractivity contribution in [2.75, 3.05) is 31.8 Å². The molecule has 2 unspecified atom stereocenters. The molecule has 0 aromatic heterocycles. The number of ketones is 1. The third-order valence-corrected chi connectivity index (χ3v) is 10.8. The first kappa shape index (κ1) is 38.5. The predicted octanol–water partition coefficient (Wildman–Crippen LogP) is 4.17. The number of piperidine rings is 1. The molecule has 2 N–H and O–H groups in total. The second-order valence-corrected chi connectivity index (χ2v) is 14.3. The summed E-state index contributed by atoms with van der Waals surface area (Å²) in [4.78, 5) is 42.0. The Bertz CT molecular complexity index is 954. The Kier molecular flexibility index (Phi) is 15.9. The van der Waals surface area contributed by atoms with E-state index < -0.39 is 47.8 Å². The molecule has 0 spiro atoms. The smallest absolute Gasteiger partial charge is 0.329 e. The standard InChI is InChI=1S/C33H56INO10/c1-6-24-13-11-22(3)33(40,45-24)30(37)31(38)35-16-8-7-10-25(35)32(39)44-27(20-29(36)42-5)21(2)18-23-12-14-26(28(19-23)41-4)43-17-9-15-34/h21-29,36,40H,6-20H2,1-5H3/t21-,22-,23+,24-,25?,26-,27+,28-,29?,33-/m1/s1. The van der Waals surface area contributed by atoms with Gasteiger partial charge in [0.2, 0.25) is 5.79 Å². The molecule has 3 fully saturated rings. The summed E-state index contributed by atoms with van der Waals surface area (Å²) in [5.74, 6) is -5.14. The van der Waals surface area contributed by atoms with Gasteiger partial charge in [-0.1, -0.05) is 43.4 Å². The fourth-order valence-electron chi connectivity index (χ4n) is 7.05. The molecule has 0 bridgehead atoms. The van der Waals surface area contributed by atoms with E-state index in [2.05, 4.69) is 22.6 Å². The third kappa shape index (κ3) is 10.3. The Morgan fingerprint density at radius 2 is 1.84 bits per heavy atom. The van der Waals surface area contributed by atoms with Crippen LogP contribution in [-0.2, 0) is 38.1 Å². The van der Waals surface area contributed by atoms with Gasteiger partial charge in [0.25, 0.3) is 11.7 Å². The Morgan fingerprint density at radius 3 is 2.51 bits per heavy atom. The number of nitrogens with zero attached hydrogens (tertiary/aromatic N) is 1. The monoisotopic (exact) mass is 753 g/mol. The van der Waals surface area contributed by atoms with Crippen LogP contribution in [0.1, 0.15) is 97.8 Å². The van der Waals surface area contributed by atoms with E-state index in [-0.39, 0.29) is 37.2 Å². The van der Waals surface area contributed by atoms with Gasteiger partial charge in [-0.25, -0.2) is 4.79 Å². The van der Waals surface area contributed by atoms with Crippen molar-refractivity contribution in [2.45, 2.75) is 140 Å². The van der Waals surface area contributed by atoms with Gasteiger partial charge in [-0.05, 0) is 82.5 Å². The number of likely N-dealkylation sites (tertiary alicyclic amines) is 1. The van der Waals surface area contributed by atoms with Gasteiger partial charge in [0, 0.05) is 44.1 Å². The molecule has 2 aliphatic heterocycles. The highest BCUT2D eigenvalue weighted by Crippen LogP contribution is 2.37. The number of methoxy groups -OCH3 is 2. The van der Waals surface area contributed by atoms with Crippen molar-refractivity contribution in [3.8, 4) is 0 Å². The molecule has 3 rings (SSSR count). The molecule has 11 nitrogen and oxygen atoms in total. The van der Waals surface area contributed by atoms with E-state index in [1.165, 1.54) is 12.0 Å². The lowest BCUT2D eigenvalue weighted by Crippen LogP contribution is -2.60. The van der Waals surface area contributed by atoms with E-state index in [1.807, 2.05) is 13.8 Å². The summed E-state index contributed by atoms with van der Waals surface area (Å²) in [7, 11) is 3.11. The lowest BCUT2D eigenvalue weighted by Gasteiger charge is -2.42. The molecule has 12 heteroatoms. The van der Waals surface area contributed by atoms with Crippen LogP contribution in [0.5, 0.6) is 0 Å². The molecule has 45 heavy (non-hydrogen) atoms. The minimum absolute atomic E-state index is 0.00615. The maximum Gasteiger partial charge on any atom is 0.329 e. The number of aliphatic hydroxyl groups is 2. The highest BCUT2D eigenvalue weighted by atomic mass is 127. The average Bonchev–Trinajstić information content (AvgIpc) is 3.05. The van der Waals surface area contributed by atoms with Crippen molar-refractivity contribution >= 4 is 40.3 Å². The fraction of sp³-hybridized carbons (Fsp3) is 0.909. The van der Waals surface area contributed by atoms with Crippen LogP contribution in [0.4, 0.5) is 0 Å². The molecule has 1 amide bonds. The molecular formula is C33H56INO10. The highest BCUT2D eigenvalue weighted by Gasteiger charge is 2.52. The number of alkyl halides is 1. The fourth-order valence-corrected chi connectivity index (χ4v) is 7.36. The van der Waals surface area contributed by atoms with Crippen LogP contribution in [0, 0.1) is 17.8 Å². The van der Waals surface area contributed by atoms with Crippen LogP contribution >= 0.6 is 22.6 Å². The number of carbonyl (C=O) groups excluding carboxylic acids is 3. The number of carbonyl (C=O) groups is 3. The summed E-state index contributed by atoms with van der Waals surface area (Å²) in [5, 5.41) is 21.6. The zero-order valence-electron chi connectivity index (χ0n) is 27.8. The largest absolute Gasteiger partial charge is 0.460 e. The Morgan fingerprint density at radius 1 is 1.09 bits per heavy atom. The third-order valence-electron chi connectivity index (χ3n) is 10.0. The average molecular weight is 754 g/mol. The molecule has 2 saturated heterocycles. The number of Topliss-reactive ketones (excluding diaryl/α,β-unsaturated/α-hetero) is 1. The number of esters is 1. The topological polar surface area (TPSA) is 141 Å². The summed E-state index contributed by atoms with van der Waals surface area (Å²) in [6.45, 7) is 6.53. The Labute approximate surface area is 282 Å². The molecule has 1 saturated carbocycles. The van der Waals surface area contributed by atoms with Gasteiger partial charge in [0.1, 0.15) is 12.1 Å². The number of ether oxygens (including phenoxy) is 5. The molecular weight excluding hydrogens is 697 g/mol. The number of rotatable bonds is 16. The minimum atomic E-state index is -2.22. The lowest BCUT2D eigenvalue weighted by atomic mass is 9.78. The first-order valence-electron chi connectivity index (χ1n) is 16.9. The van der Waals surface area contributed by atoms with Crippen LogP contribution < -0.4 is 0 Å². The number of hydrogen-bond donors (Lipinski definition) is 2. The molecule has 0 aromatic rings. The van der Waals surface area contributed by atoms with Crippen LogP contribution in [0.2, 0.25) is 0 Å². The van der Waals surface area contributed by atoms with Crippen LogP contribution in [0.15, 0.2) is 0 Å². The van der Waals surface area contributed by atoms with Gasteiger partial charge in [-0.3, -0.25) is 9.59 Å². The summed E-state index contributed by atoms with van der Waals surface area (Å²) in [5.41, 5.74) is 0.